The number of carbonyl (C=O) groups excluding carboxylic acids is 4. The summed E-state index contributed by atoms with van der Waals surface area (Å²) >= 11 is 0. The number of piperidine rings is 1. The zero-order valence-electron chi connectivity index (χ0n) is 19.1. The maximum absolute atomic E-state index is 13.0. The molecular weight excluding hydrogens is 436 g/mol. The van der Waals surface area contributed by atoms with Crippen LogP contribution in [0.3, 0.4) is 0 Å². The van der Waals surface area contributed by atoms with Crippen molar-refractivity contribution in [1.29, 1.82) is 0 Å². The first-order valence-electron chi connectivity index (χ1n) is 11.1. The molecule has 174 valence electrons. The lowest BCUT2D eigenvalue weighted by Crippen LogP contribution is -2.52. The van der Waals surface area contributed by atoms with Gasteiger partial charge in [0.15, 0.2) is 5.65 Å². The van der Waals surface area contributed by atoms with Gasteiger partial charge in [0, 0.05) is 37.5 Å². The van der Waals surface area contributed by atoms with Crippen LogP contribution in [0, 0.1) is 13.8 Å². The first-order chi connectivity index (χ1) is 16.2. The monoisotopic (exact) mass is 460 g/mol. The fourth-order valence-corrected chi connectivity index (χ4v) is 4.65. The van der Waals surface area contributed by atoms with Crippen molar-refractivity contribution in [3.05, 3.63) is 57.9 Å². The molecule has 4 amide bonds. The van der Waals surface area contributed by atoms with Crippen LogP contribution in [0.5, 0.6) is 0 Å². The van der Waals surface area contributed by atoms with E-state index in [9.17, 15) is 19.2 Å². The minimum Gasteiger partial charge on any atom is -0.348 e. The molecule has 1 saturated heterocycles. The second-order valence-corrected chi connectivity index (χ2v) is 8.78. The molecular formula is C24H24N6O4. The summed E-state index contributed by atoms with van der Waals surface area (Å²) in [5, 5.41) is 10.4. The van der Waals surface area contributed by atoms with E-state index in [0.29, 0.717) is 29.8 Å². The third-order valence-corrected chi connectivity index (χ3v) is 6.48. The highest BCUT2D eigenvalue weighted by Gasteiger charge is 2.39. The van der Waals surface area contributed by atoms with Gasteiger partial charge in [-0.1, -0.05) is 12.1 Å². The van der Waals surface area contributed by atoms with E-state index in [1.54, 1.807) is 23.7 Å². The molecule has 2 aliphatic heterocycles. The second-order valence-electron chi connectivity index (χ2n) is 8.78. The van der Waals surface area contributed by atoms with Crippen LogP contribution in [0.4, 0.5) is 0 Å². The van der Waals surface area contributed by atoms with Crippen molar-refractivity contribution in [2.24, 2.45) is 7.05 Å². The average molecular weight is 460 g/mol. The lowest BCUT2D eigenvalue weighted by atomic mass is 10.0. The van der Waals surface area contributed by atoms with E-state index in [0.717, 1.165) is 27.9 Å². The number of nitrogens with one attached hydrogen (secondary N) is 2. The molecule has 3 aromatic rings. The number of hydrogen-bond donors (Lipinski definition) is 2. The third-order valence-electron chi connectivity index (χ3n) is 6.48. The number of rotatable bonds is 4. The van der Waals surface area contributed by atoms with E-state index in [1.807, 2.05) is 26.1 Å². The van der Waals surface area contributed by atoms with Crippen molar-refractivity contribution in [3.63, 3.8) is 0 Å². The van der Waals surface area contributed by atoms with Gasteiger partial charge in [-0.15, -0.1) is 0 Å². The smallest absolute Gasteiger partial charge is 0.255 e. The Hall–Kier alpha value is -4.08. The highest BCUT2D eigenvalue weighted by Crippen LogP contribution is 2.28. The molecule has 1 aromatic carbocycles. The molecule has 1 unspecified atom stereocenters. The molecule has 5 rings (SSSR count). The molecule has 0 aliphatic carbocycles. The lowest BCUT2D eigenvalue weighted by Gasteiger charge is -2.29. The summed E-state index contributed by atoms with van der Waals surface area (Å²) in [7, 11) is 1.82. The van der Waals surface area contributed by atoms with Crippen LogP contribution in [0.25, 0.3) is 11.0 Å². The Bertz CT molecular complexity index is 1390. The van der Waals surface area contributed by atoms with Crippen molar-refractivity contribution in [2.75, 3.05) is 0 Å². The Morgan fingerprint density at radius 1 is 1.18 bits per heavy atom. The van der Waals surface area contributed by atoms with Gasteiger partial charge in [0.2, 0.25) is 11.8 Å². The van der Waals surface area contributed by atoms with E-state index in [1.165, 1.54) is 4.90 Å². The number of amides is 4. The number of hydrogen-bond acceptors (Lipinski definition) is 6. The van der Waals surface area contributed by atoms with Crippen LogP contribution in [0.2, 0.25) is 0 Å². The van der Waals surface area contributed by atoms with Gasteiger partial charge in [0.25, 0.3) is 11.8 Å². The Labute approximate surface area is 195 Å². The molecule has 2 aliphatic rings. The quantitative estimate of drug-likeness (QED) is 0.565. The molecule has 10 nitrogen and oxygen atoms in total. The molecule has 0 saturated carbocycles. The van der Waals surface area contributed by atoms with Crippen LogP contribution in [-0.2, 0) is 29.7 Å². The zero-order valence-corrected chi connectivity index (χ0v) is 19.1. The van der Waals surface area contributed by atoms with Gasteiger partial charge < -0.3 is 10.2 Å². The van der Waals surface area contributed by atoms with Gasteiger partial charge in [-0.25, -0.2) is 4.98 Å². The Kier molecular flexibility index (Phi) is 5.15. The van der Waals surface area contributed by atoms with E-state index in [2.05, 4.69) is 20.7 Å². The molecule has 0 bridgehead atoms. The Morgan fingerprint density at radius 3 is 2.74 bits per heavy atom. The number of fused-ring (bicyclic) bond motifs is 2. The number of pyridine rings is 1. The highest BCUT2D eigenvalue weighted by molar-refractivity contribution is 6.05. The largest absolute Gasteiger partial charge is 0.348 e. The summed E-state index contributed by atoms with van der Waals surface area (Å²) in [4.78, 5) is 55.6. The number of benzene rings is 1. The molecule has 0 spiro atoms. The predicted molar refractivity (Wildman–Crippen MR) is 122 cm³/mol. The summed E-state index contributed by atoms with van der Waals surface area (Å²) in [5.74, 6) is -1.25. The van der Waals surface area contributed by atoms with Crippen molar-refractivity contribution in [2.45, 2.75) is 45.8 Å². The molecule has 2 N–H and O–H groups in total. The standard InChI is InChI=1S/C24H24N6O4/c1-12-17(9-16-13(2)28-29(3)21(16)26-12)22(32)25-10-14-4-5-15-11-30(24(34)18(15)8-14)19-6-7-20(31)27-23(19)33/h4-5,8-9,19H,6-7,10-11H2,1-3H3,(H,25,32)(H,27,31,33). The fourth-order valence-electron chi connectivity index (χ4n) is 4.65. The average Bonchev–Trinajstić information content (AvgIpc) is 3.26. The fraction of sp³-hybridized carbons (Fsp3) is 0.333. The molecule has 0 radical (unpaired) electrons. The van der Waals surface area contributed by atoms with Crippen LogP contribution >= 0.6 is 0 Å². The van der Waals surface area contributed by atoms with Crippen molar-refractivity contribution in [1.82, 2.24) is 30.3 Å². The minimum absolute atomic E-state index is 0.215. The SMILES string of the molecule is Cc1nc2c(cc1C(=O)NCc1ccc3c(c1)C(=O)N(C1CCC(=O)NC1=O)C3)c(C)nn2C. The van der Waals surface area contributed by atoms with Crippen molar-refractivity contribution < 1.29 is 19.2 Å². The number of aromatic nitrogens is 3. The number of nitrogens with zero attached hydrogens (tertiary/aromatic N) is 4. The topological polar surface area (TPSA) is 126 Å². The minimum atomic E-state index is -0.651. The normalized spacial score (nSPS) is 17.8. The first kappa shape index (κ1) is 21.7. The molecule has 1 fully saturated rings. The van der Waals surface area contributed by atoms with Gasteiger partial charge in [0.1, 0.15) is 6.04 Å². The number of imide groups is 1. The third kappa shape index (κ3) is 3.60. The maximum atomic E-state index is 13.0. The second kappa shape index (κ2) is 8.05. The predicted octanol–water partition coefficient (Wildman–Crippen LogP) is 1.28. The first-order valence-corrected chi connectivity index (χ1v) is 11.1. The van der Waals surface area contributed by atoms with E-state index in [4.69, 9.17) is 0 Å². The van der Waals surface area contributed by atoms with Gasteiger partial charge in [-0.2, -0.15) is 5.10 Å². The van der Waals surface area contributed by atoms with Gasteiger partial charge in [-0.05, 0) is 43.5 Å². The summed E-state index contributed by atoms with van der Waals surface area (Å²) in [6.45, 7) is 4.22. The molecule has 2 aromatic heterocycles. The van der Waals surface area contributed by atoms with Gasteiger partial charge in [0.05, 0.1) is 17.0 Å². The molecule has 4 heterocycles. The molecule has 10 heteroatoms. The number of aryl methyl sites for hydroxylation is 3. The Morgan fingerprint density at radius 2 is 1.97 bits per heavy atom. The van der Waals surface area contributed by atoms with Crippen LogP contribution in [-0.4, -0.2) is 49.3 Å². The lowest BCUT2D eigenvalue weighted by molar-refractivity contribution is -0.136. The van der Waals surface area contributed by atoms with Gasteiger partial charge >= 0.3 is 0 Å². The summed E-state index contributed by atoms with van der Waals surface area (Å²) in [6, 6.07) is 6.61. The van der Waals surface area contributed by atoms with Crippen LogP contribution in [0.15, 0.2) is 24.3 Å². The summed E-state index contributed by atoms with van der Waals surface area (Å²) in [6.07, 6.45) is 0.536. The van der Waals surface area contributed by atoms with E-state index < -0.39 is 11.9 Å². The van der Waals surface area contributed by atoms with Crippen LogP contribution in [0.1, 0.15) is 56.1 Å². The van der Waals surface area contributed by atoms with E-state index >= 15 is 0 Å². The van der Waals surface area contributed by atoms with Crippen molar-refractivity contribution >= 4 is 34.7 Å². The molecule has 1 atom stereocenters. The number of carbonyl (C=O) groups is 4. The maximum Gasteiger partial charge on any atom is 0.255 e. The summed E-state index contributed by atoms with van der Waals surface area (Å²) in [5.41, 5.74) is 4.72. The zero-order chi connectivity index (χ0) is 24.1. The van der Waals surface area contributed by atoms with Crippen LogP contribution < -0.4 is 10.6 Å². The Balaban J connectivity index is 1.30. The van der Waals surface area contributed by atoms with Gasteiger partial charge in [-0.3, -0.25) is 29.2 Å². The highest BCUT2D eigenvalue weighted by atomic mass is 16.2. The van der Waals surface area contributed by atoms with Crippen molar-refractivity contribution in [3.8, 4) is 0 Å². The molecule has 34 heavy (non-hydrogen) atoms. The van der Waals surface area contributed by atoms with E-state index in [-0.39, 0.29) is 30.7 Å². The summed E-state index contributed by atoms with van der Waals surface area (Å²) < 4.78 is 1.69.